The van der Waals surface area contributed by atoms with E-state index in [2.05, 4.69) is 10.6 Å². The summed E-state index contributed by atoms with van der Waals surface area (Å²) in [5.41, 5.74) is -0.680. The molecule has 0 spiro atoms. The van der Waals surface area contributed by atoms with Crippen LogP contribution in [0.5, 0.6) is 0 Å². The first-order chi connectivity index (χ1) is 19.9. The molecule has 0 radical (unpaired) electrons. The fourth-order valence-electron chi connectivity index (χ4n) is 4.38. The minimum absolute atomic E-state index is 0.00166. The third-order valence-electron chi connectivity index (χ3n) is 7.16. The number of carbonyl (C=O) groups is 5. The second-order valence-corrected chi connectivity index (χ2v) is 14.9. The molecule has 1 aliphatic rings. The van der Waals surface area contributed by atoms with E-state index < -0.39 is 5.41 Å². The zero-order chi connectivity index (χ0) is 31.5. The Balaban J connectivity index is 2.21. The lowest BCUT2D eigenvalue weighted by atomic mass is 9.88. The first-order valence-electron chi connectivity index (χ1n) is 14.9. The summed E-state index contributed by atoms with van der Waals surface area (Å²) in [5, 5.41) is 5.78. The summed E-state index contributed by atoms with van der Waals surface area (Å²) in [6.07, 6.45) is 8.65. The SMILES string of the molecule is CCC(SC)C(=O)N(C=O)CCNC(=O)C(C)(C)CCOC(C)CCNC(=O)CCSS[C@H]1CCCCC1OC(C)=O. The zero-order valence-corrected chi connectivity index (χ0v) is 28.6. The van der Waals surface area contributed by atoms with E-state index in [-0.39, 0.29) is 59.5 Å². The number of esters is 1. The molecule has 1 saturated carbocycles. The molecule has 0 aromatic heterocycles. The Morgan fingerprint density at radius 2 is 1.83 bits per heavy atom. The predicted molar refractivity (Wildman–Crippen MR) is 172 cm³/mol. The van der Waals surface area contributed by atoms with Crippen molar-refractivity contribution in [2.75, 3.05) is 38.2 Å². The van der Waals surface area contributed by atoms with Crippen LogP contribution in [0.1, 0.15) is 86.0 Å². The highest BCUT2D eigenvalue weighted by atomic mass is 33.1. The summed E-state index contributed by atoms with van der Waals surface area (Å²) in [7, 11) is 3.38. The summed E-state index contributed by atoms with van der Waals surface area (Å²) in [6, 6.07) is 0. The second-order valence-electron chi connectivity index (χ2n) is 11.1. The summed E-state index contributed by atoms with van der Waals surface area (Å²) >= 11 is 1.41. The van der Waals surface area contributed by atoms with Gasteiger partial charge >= 0.3 is 5.97 Å². The number of nitrogens with one attached hydrogen (secondary N) is 2. The van der Waals surface area contributed by atoms with Gasteiger partial charge in [0, 0.05) is 50.8 Å². The molecule has 3 unspecified atom stereocenters. The van der Waals surface area contributed by atoms with Gasteiger partial charge in [-0.1, -0.05) is 48.8 Å². The number of nitrogens with zero attached hydrogens (tertiary/aromatic N) is 1. The van der Waals surface area contributed by atoms with Gasteiger partial charge in [0.05, 0.1) is 16.6 Å². The highest BCUT2D eigenvalue weighted by Crippen LogP contribution is 2.37. The van der Waals surface area contributed by atoms with Crippen LogP contribution in [-0.2, 0) is 33.4 Å². The first kappa shape index (κ1) is 38.6. The summed E-state index contributed by atoms with van der Waals surface area (Å²) in [6.45, 7) is 10.2. The first-order valence-corrected chi connectivity index (χ1v) is 18.5. The third kappa shape index (κ3) is 15.3. The maximum absolute atomic E-state index is 12.7. The van der Waals surface area contributed by atoms with E-state index in [0.717, 1.165) is 30.6 Å². The van der Waals surface area contributed by atoms with Crippen LogP contribution in [0.4, 0.5) is 0 Å². The number of hydrogen-bond acceptors (Lipinski definition) is 10. The Hall–Kier alpha value is -1.44. The van der Waals surface area contributed by atoms with E-state index in [1.54, 1.807) is 21.6 Å². The molecule has 0 saturated heterocycles. The fourth-order valence-corrected chi connectivity index (χ4v) is 7.89. The number of amides is 4. The van der Waals surface area contributed by atoms with E-state index >= 15 is 0 Å². The molecule has 0 bridgehead atoms. The molecular weight excluding hydrogens is 599 g/mol. The van der Waals surface area contributed by atoms with Crippen LogP contribution >= 0.6 is 33.3 Å². The average Bonchev–Trinajstić information content (AvgIpc) is 2.94. The second kappa shape index (κ2) is 21.3. The van der Waals surface area contributed by atoms with Crippen molar-refractivity contribution >= 4 is 63.5 Å². The average molecular weight is 650 g/mol. The molecule has 0 aromatic carbocycles. The van der Waals surface area contributed by atoms with Gasteiger partial charge in [0.25, 0.3) is 0 Å². The van der Waals surface area contributed by atoms with Gasteiger partial charge in [0.2, 0.25) is 24.1 Å². The smallest absolute Gasteiger partial charge is 0.302 e. The molecule has 13 heteroatoms. The maximum Gasteiger partial charge on any atom is 0.302 e. The van der Waals surface area contributed by atoms with Gasteiger partial charge in [-0.25, -0.2) is 0 Å². The van der Waals surface area contributed by atoms with Crippen molar-refractivity contribution in [3.05, 3.63) is 0 Å². The van der Waals surface area contributed by atoms with Gasteiger partial charge in [-0.05, 0) is 51.7 Å². The van der Waals surface area contributed by atoms with Crippen molar-refractivity contribution < 1.29 is 33.4 Å². The van der Waals surface area contributed by atoms with Crippen LogP contribution in [0.3, 0.4) is 0 Å². The molecule has 10 nitrogen and oxygen atoms in total. The van der Waals surface area contributed by atoms with Crippen LogP contribution in [0.2, 0.25) is 0 Å². The fraction of sp³-hybridized carbons (Fsp3) is 0.828. The molecule has 242 valence electrons. The molecule has 0 aromatic rings. The summed E-state index contributed by atoms with van der Waals surface area (Å²) in [4.78, 5) is 61.1. The van der Waals surface area contributed by atoms with Crippen LogP contribution in [0.15, 0.2) is 0 Å². The Kier molecular flexibility index (Phi) is 19.6. The Labute approximate surface area is 264 Å². The monoisotopic (exact) mass is 649 g/mol. The van der Waals surface area contributed by atoms with Crippen LogP contribution in [0.25, 0.3) is 0 Å². The molecule has 2 N–H and O–H groups in total. The highest BCUT2D eigenvalue weighted by molar-refractivity contribution is 8.77. The van der Waals surface area contributed by atoms with Crippen molar-refractivity contribution in [3.8, 4) is 0 Å². The van der Waals surface area contributed by atoms with E-state index in [1.165, 1.54) is 18.7 Å². The number of imide groups is 1. The van der Waals surface area contributed by atoms with Gasteiger partial charge in [-0.2, -0.15) is 11.8 Å². The minimum atomic E-state index is -0.680. The van der Waals surface area contributed by atoms with Crippen LogP contribution in [-0.4, -0.2) is 96.0 Å². The number of hydrogen-bond donors (Lipinski definition) is 2. The summed E-state index contributed by atoms with van der Waals surface area (Å²) in [5.74, 6) is 0.0636. The number of carbonyl (C=O) groups excluding carboxylic acids is 5. The molecular formula is C29H51N3O7S3. The molecule has 42 heavy (non-hydrogen) atoms. The minimum Gasteiger partial charge on any atom is -0.461 e. The van der Waals surface area contributed by atoms with Crippen molar-refractivity contribution in [1.82, 2.24) is 15.5 Å². The zero-order valence-electron chi connectivity index (χ0n) is 26.1. The van der Waals surface area contributed by atoms with Crippen LogP contribution < -0.4 is 10.6 Å². The quantitative estimate of drug-likeness (QED) is 0.0807. The predicted octanol–water partition coefficient (Wildman–Crippen LogP) is 4.20. The Morgan fingerprint density at radius 3 is 2.48 bits per heavy atom. The van der Waals surface area contributed by atoms with Gasteiger partial charge in [0.15, 0.2) is 0 Å². The number of thioether (sulfide) groups is 1. The number of rotatable bonds is 21. The molecule has 1 fully saturated rings. The Bertz CT molecular complexity index is 858. The van der Waals surface area contributed by atoms with Gasteiger partial charge < -0.3 is 20.1 Å². The molecule has 0 aliphatic heterocycles. The van der Waals surface area contributed by atoms with E-state index in [9.17, 15) is 24.0 Å². The topological polar surface area (TPSA) is 131 Å². The summed E-state index contributed by atoms with van der Waals surface area (Å²) < 4.78 is 11.3. The van der Waals surface area contributed by atoms with Crippen molar-refractivity contribution in [3.63, 3.8) is 0 Å². The number of ether oxygens (including phenoxy) is 2. The Morgan fingerprint density at radius 1 is 1.12 bits per heavy atom. The standard InChI is InChI=1S/C29H51N3O7S3/c1-7-24(40-6)27(36)32(20-33)17-16-31-28(37)29(4,5)14-18-38-21(2)12-15-30-26(35)13-19-41-42-25-11-9-8-10-23(25)39-22(3)34/h20-21,23-25H,7-19H2,1-6H3,(H,30,35)(H,31,37)/t21?,23?,24?,25-/m0/s1. The van der Waals surface area contributed by atoms with Crippen molar-refractivity contribution in [2.45, 2.75) is 109 Å². The highest BCUT2D eigenvalue weighted by Gasteiger charge is 2.29. The van der Waals surface area contributed by atoms with Crippen LogP contribution in [0, 0.1) is 5.41 Å². The van der Waals surface area contributed by atoms with E-state index in [1.807, 2.05) is 34.0 Å². The lowest BCUT2D eigenvalue weighted by Gasteiger charge is -2.29. The molecule has 0 heterocycles. The molecule has 1 rings (SSSR count). The normalized spacial score (nSPS) is 18.4. The van der Waals surface area contributed by atoms with Gasteiger partial charge in [0.1, 0.15) is 6.10 Å². The largest absolute Gasteiger partial charge is 0.461 e. The lowest BCUT2D eigenvalue weighted by molar-refractivity contribution is -0.147. The molecule has 4 atom stereocenters. The van der Waals surface area contributed by atoms with Crippen molar-refractivity contribution in [1.29, 1.82) is 0 Å². The lowest BCUT2D eigenvalue weighted by Crippen LogP contribution is -2.44. The molecule has 4 amide bonds. The van der Waals surface area contributed by atoms with E-state index in [4.69, 9.17) is 9.47 Å². The third-order valence-corrected chi connectivity index (χ3v) is 11.2. The van der Waals surface area contributed by atoms with Crippen molar-refractivity contribution in [2.24, 2.45) is 5.41 Å². The maximum atomic E-state index is 12.7. The van der Waals surface area contributed by atoms with Gasteiger partial charge in [-0.3, -0.25) is 28.9 Å². The molecule has 1 aliphatic carbocycles. The van der Waals surface area contributed by atoms with E-state index in [0.29, 0.717) is 51.0 Å². The van der Waals surface area contributed by atoms with Gasteiger partial charge in [-0.15, -0.1) is 0 Å².